The van der Waals surface area contributed by atoms with Gasteiger partial charge in [0.1, 0.15) is 11.5 Å². The third kappa shape index (κ3) is 3.58. The number of benzene rings is 2. The molecule has 0 aliphatic rings. The number of anilines is 1. The first-order chi connectivity index (χ1) is 11.1. The van der Waals surface area contributed by atoms with Crippen molar-refractivity contribution in [3.63, 3.8) is 0 Å². The molecule has 0 aliphatic heterocycles. The summed E-state index contributed by atoms with van der Waals surface area (Å²) < 4.78 is 5.81. The number of hydrogen-bond donors (Lipinski definition) is 2. The smallest absolute Gasteiger partial charge is 0.256 e. The van der Waals surface area contributed by atoms with Gasteiger partial charge in [-0.1, -0.05) is 30.3 Å². The Kier molecular flexibility index (Phi) is 4.10. The van der Waals surface area contributed by atoms with Gasteiger partial charge >= 0.3 is 0 Å². The monoisotopic (exact) mass is 307 g/mol. The summed E-state index contributed by atoms with van der Waals surface area (Å²) in [5, 5.41) is 0. The molecule has 0 bridgehead atoms. The third-order valence-electron chi connectivity index (χ3n) is 3.50. The minimum absolute atomic E-state index is 0.136. The molecule has 1 heterocycles. The molecule has 0 saturated carbocycles. The summed E-state index contributed by atoms with van der Waals surface area (Å²) in [6, 6.07) is 17.2. The van der Waals surface area contributed by atoms with Gasteiger partial charge in [0.2, 0.25) is 5.95 Å². The van der Waals surface area contributed by atoms with Crippen molar-refractivity contribution in [2.45, 2.75) is 13.3 Å². The van der Waals surface area contributed by atoms with E-state index in [2.05, 4.69) is 9.97 Å². The Morgan fingerprint density at radius 2 is 1.83 bits per heavy atom. The first-order valence-electron chi connectivity index (χ1n) is 7.29. The molecular formula is C18H17N3O2. The van der Waals surface area contributed by atoms with Crippen LogP contribution in [0.5, 0.6) is 11.5 Å². The van der Waals surface area contributed by atoms with E-state index in [0.29, 0.717) is 17.7 Å². The quantitative estimate of drug-likeness (QED) is 0.776. The average molecular weight is 307 g/mol. The van der Waals surface area contributed by atoms with Gasteiger partial charge in [-0.05, 0) is 36.8 Å². The fourth-order valence-corrected chi connectivity index (χ4v) is 2.39. The van der Waals surface area contributed by atoms with Crippen LogP contribution >= 0.6 is 0 Å². The molecule has 0 unspecified atom stereocenters. The molecule has 5 heteroatoms. The first-order valence-corrected chi connectivity index (χ1v) is 7.29. The summed E-state index contributed by atoms with van der Waals surface area (Å²) in [4.78, 5) is 18.7. The Morgan fingerprint density at radius 3 is 2.57 bits per heavy atom. The fraction of sp³-hybridized carbons (Fsp3) is 0.111. The third-order valence-corrected chi connectivity index (χ3v) is 3.50. The van der Waals surface area contributed by atoms with Gasteiger partial charge in [-0.25, -0.2) is 4.98 Å². The van der Waals surface area contributed by atoms with Crippen molar-refractivity contribution >= 4 is 5.95 Å². The van der Waals surface area contributed by atoms with Crippen molar-refractivity contribution in [1.29, 1.82) is 0 Å². The van der Waals surface area contributed by atoms with Gasteiger partial charge in [-0.3, -0.25) is 9.78 Å². The molecule has 2 aromatic carbocycles. The number of nitrogens with two attached hydrogens (primary N) is 1. The van der Waals surface area contributed by atoms with Crippen LogP contribution in [0.3, 0.4) is 0 Å². The van der Waals surface area contributed by atoms with Gasteiger partial charge in [-0.2, -0.15) is 0 Å². The van der Waals surface area contributed by atoms with E-state index in [1.165, 1.54) is 0 Å². The standard InChI is InChI=1S/C18H17N3O2/c1-12-16(17(22)21-18(19)20-12)11-13-6-5-9-15(10-13)23-14-7-3-2-4-8-14/h2-10H,11H2,1H3,(H3,19,20,21,22). The molecule has 3 aromatic rings. The summed E-state index contributed by atoms with van der Waals surface area (Å²) in [7, 11) is 0. The van der Waals surface area contributed by atoms with E-state index in [4.69, 9.17) is 10.5 Å². The Balaban J connectivity index is 1.85. The van der Waals surface area contributed by atoms with Crippen LogP contribution in [0, 0.1) is 6.92 Å². The number of rotatable bonds is 4. The largest absolute Gasteiger partial charge is 0.457 e. The molecule has 23 heavy (non-hydrogen) atoms. The maximum absolute atomic E-state index is 12.0. The van der Waals surface area contributed by atoms with Crippen LogP contribution < -0.4 is 16.0 Å². The van der Waals surface area contributed by atoms with Crippen LogP contribution in [0.1, 0.15) is 16.8 Å². The van der Waals surface area contributed by atoms with E-state index in [1.54, 1.807) is 6.92 Å². The molecule has 3 N–H and O–H groups in total. The van der Waals surface area contributed by atoms with Gasteiger partial charge < -0.3 is 10.5 Å². The number of hydrogen-bond acceptors (Lipinski definition) is 4. The molecule has 116 valence electrons. The highest BCUT2D eigenvalue weighted by Gasteiger charge is 2.09. The van der Waals surface area contributed by atoms with Crippen molar-refractivity contribution in [1.82, 2.24) is 9.97 Å². The van der Waals surface area contributed by atoms with Crippen LogP contribution in [0.4, 0.5) is 5.95 Å². The second-order valence-corrected chi connectivity index (χ2v) is 5.25. The maximum atomic E-state index is 12.0. The summed E-state index contributed by atoms with van der Waals surface area (Å²) in [5.74, 6) is 1.64. The summed E-state index contributed by atoms with van der Waals surface area (Å²) >= 11 is 0. The lowest BCUT2D eigenvalue weighted by atomic mass is 10.0. The molecule has 0 saturated heterocycles. The fourth-order valence-electron chi connectivity index (χ4n) is 2.39. The van der Waals surface area contributed by atoms with Crippen LogP contribution in [-0.4, -0.2) is 9.97 Å². The lowest BCUT2D eigenvalue weighted by Gasteiger charge is -2.09. The lowest BCUT2D eigenvalue weighted by Crippen LogP contribution is -2.18. The van der Waals surface area contributed by atoms with Crippen molar-refractivity contribution < 1.29 is 4.74 Å². The van der Waals surface area contributed by atoms with E-state index in [1.807, 2.05) is 54.6 Å². The summed E-state index contributed by atoms with van der Waals surface area (Å²) in [6.45, 7) is 1.78. The lowest BCUT2D eigenvalue weighted by molar-refractivity contribution is 0.482. The number of H-pyrrole nitrogens is 1. The number of para-hydroxylation sites is 1. The molecule has 0 aliphatic carbocycles. The topological polar surface area (TPSA) is 81.0 Å². The number of aryl methyl sites for hydroxylation is 1. The van der Waals surface area contributed by atoms with Crippen molar-refractivity contribution in [3.8, 4) is 11.5 Å². The predicted octanol–water partition coefficient (Wildman–Crippen LogP) is 3.04. The number of nitrogen functional groups attached to an aromatic ring is 1. The molecule has 0 radical (unpaired) electrons. The van der Waals surface area contributed by atoms with Crippen LogP contribution in [0.15, 0.2) is 59.4 Å². The second kappa shape index (κ2) is 6.36. The number of aromatic nitrogens is 2. The molecule has 0 fully saturated rings. The Hall–Kier alpha value is -3.08. The number of ether oxygens (including phenoxy) is 1. The van der Waals surface area contributed by atoms with Gasteiger partial charge in [0, 0.05) is 12.0 Å². The molecule has 0 amide bonds. The summed E-state index contributed by atoms with van der Waals surface area (Å²) in [6.07, 6.45) is 0.473. The predicted molar refractivity (Wildman–Crippen MR) is 89.8 cm³/mol. The summed E-state index contributed by atoms with van der Waals surface area (Å²) in [5.41, 5.74) is 7.56. The van der Waals surface area contributed by atoms with Gasteiger partial charge in [0.15, 0.2) is 0 Å². The minimum atomic E-state index is -0.204. The molecular weight excluding hydrogens is 290 g/mol. The Labute approximate surface area is 133 Å². The average Bonchev–Trinajstić information content (AvgIpc) is 2.52. The Morgan fingerprint density at radius 1 is 1.09 bits per heavy atom. The van der Waals surface area contributed by atoms with Crippen molar-refractivity contribution in [2.75, 3.05) is 5.73 Å². The van der Waals surface area contributed by atoms with E-state index in [9.17, 15) is 4.79 Å². The first kappa shape index (κ1) is 14.8. The SMILES string of the molecule is Cc1nc(N)[nH]c(=O)c1Cc1cccc(Oc2ccccc2)c1. The number of nitrogens with zero attached hydrogens (tertiary/aromatic N) is 1. The van der Waals surface area contributed by atoms with Crippen LogP contribution in [0.25, 0.3) is 0 Å². The molecule has 0 atom stereocenters. The van der Waals surface area contributed by atoms with E-state index in [0.717, 1.165) is 17.1 Å². The van der Waals surface area contributed by atoms with E-state index in [-0.39, 0.29) is 11.5 Å². The molecule has 0 spiro atoms. The maximum Gasteiger partial charge on any atom is 0.256 e. The highest BCUT2D eigenvalue weighted by atomic mass is 16.5. The highest BCUT2D eigenvalue weighted by molar-refractivity contribution is 5.37. The van der Waals surface area contributed by atoms with E-state index < -0.39 is 0 Å². The van der Waals surface area contributed by atoms with E-state index >= 15 is 0 Å². The number of aromatic amines is 1. The van der Waals surface area contributed by atoms with Gasteiger partial charge in [0.05, 0.1) is 5.69 Å². The van der Waals surface area contributed by atoms with Gasteiger partial charge in [-0.15, -0.1) is 0 Å². The zero-order valence-corrected chi connectivity index (χ0v) is 12.7. The normalized spacial score (nSPS) is 10.5. The zero-order chi connectivity index (χ0) is 16.2. The molecule has 3 rings (SSSR count). The minimum Gasteiger partial charge on any atom is -0.457 e. The highest BCUT2D eigenvalue weighted by Crippen LogP contribution is 2.22. The van der Waals surface area contributed by atoms with Gasteiger partial charge in [0.25, 0.3) is 5.56 Å². The Bertz CT molecular complexity index is 873. The molecule has 5 nitrogen and oxygen atoms in total. The van der Waals surface area contributed by atoms with Crippen molar-refractivity contribution in [3.05, 3.63) is 81.8 Å². The van der Waals surface area contributed by atoms with Crippen LogP contribution in [-0.2, 0) is 6.42 Å². The zero-order valence-electron chi connectivity index (χ0n) is 12.7. The molecule has 1 aromatic heterocycles. The number of nitrogens with one attached hydrogen (secondary N) is 1. The van der Waals surface area contributed by atoms with Crippen LogP contribution in [0.2, 0.25) is 0 Å². The second-order valence-electron chi connectivity index (χ2n) is 5.25. The van der Waals surface area contributed by atoms with Crippen molar-refractivity contribution in [2.24, 2.45) is 0 Å².